The van der Waals surface area contributed by atoms with E-state index in [0.29, 0.717) is 0 Å². The molecule has 1 rings (SSSR count). The quantitative estimate of drug-likeness (QED) is 0.748. The second-order valence-electron chi connectivity index (χ2n) is 3.71. The molecule has 0 bridgehead atoms. The van der Waals surface area contributed by atoms with Crippen molar-refractivity contribution in [1.82, 2.24) is 0 Å². The van der Waals surface area contributed by atoms with E-state index in [1.165, 1.54) is 23.5 Å². The Balaban J connectivity index is 2.36. The molecule has 84 valence electrons. The molecule has 0 unspecified atom stereocenters. The van der Waals surface area contributed by atoms with Gasteiger partial charge in [-0.3, -0.25) is 0 Å². The largest absolute Gasteiger partial charge is 0.385 e. The Morgan fingerprint density at radius 1 is 1.20 bits per heavy atom. The zero-order chi connectivity index (χ0) is 11.1. The van der Waals surface area contributed by atoms with Gasteiger partial charge in [0.15, 0.2) is 0 Å². The number of hydrogen-bond donors (Lipinski definition) is 1. The summed E-state index contributed by atoms with van der Waals surface area (Å²) in [4.78, 5) is 2.11. The van der Waals surface area contributed by atoms with Gasteiger partial charge in [-0.1, -0.05) is 0 Å². The Bertz CT molecular complexity index is 269. The predicted molar refractivity (Wildman–Crippen MR) is 72.3 cm³/mol. The third kappa shape index (κ3) is 4.47. The summed E-state index contributed by atoms with van der Waals surface area (Å²) in [5.74, 6) is 1.22. The minimum Gasteiger partial charge on any atom is -0.385 e. The van der Waals surface area contributed by atoms with Crippen LogP contribution in [0.3, 0.4) is 0 Å². The fourth-order valence-corrected chi connectivity index (χ4v) is 1.76. The van der Waals surface area contributed by atoms with Crippen LogP contribution in [-0.2, 0) is 0 Å². The summed E-state index contributed by atoms with van der Waals surface area (Å²) in [6.45, 7) is 1.06. The molecule has 0 aromatic heterocycles. The molecule has 0 aliphatic rings. The van der Waals surface area contributed by atoms with E-state index in [9.17, 15) is 0 Å². The highest BCUT2D eigenvalue weighted by Crippen LogP contribution is 2.15. The van der Waals surface area contributed by atoms with E-state index in [0.717, 1.165) is 6.54 Å². The molecule has 1 aromatic carbocycles. The van der Waals surface area contributed by atoms with Crippen molar-refractivity contribution in [3.8, 4) is 0 Å². The minimum atomic E-state index is 1.06. The van der Waals surface area contributed by atoms with Crippen molar-refractivity contribution in [2.75, 3.05) is 42.9 Å². The SMILES string of the molecule is CSCCCNc1ccc(N(C)C)cc1. The molecule has 0 heterocycles. The van der Waals surface area contributed by atoms with Crippen LogP contribution in [0.1, 0.15) is 6.42 Å². The van der Waals surface area contributed by atoms with Gasteiger partial charge < -0.3 is 10.2 Å². The van der Waals surface area contributed by atoms with Crippen LogP contribution in [0.5, 0.6) is 0 Å². The molecule has 0 aliphatic heterocycles. The third-order valence-corrected chi connectivity index (χ3v) is 2.93. The lowest BCUT2D eigenvalue weighted by atomic mass is 10.2. The van der Waals surface area contributed by atoms with Crippen LogP contribution in [0.15, 0.2) is 24.3 Å². The highest BCUT2D eigenvalue weighted by molar-refractivity contribution is 7.98. The molecular weight excluding hydrogens is 204 g/mol. The van der Waals surface area contributed by atoms with Crippen molar-refractivity contribution in [2.24, 2.45) is 0 Å². The van der Waals surface area contributed by atoms with Crippen LogP contribution in [-0.4, -0.2) is 32.6 Å². The highest BCUT2D eigenvalue weighted by atomic mass is 32.2. The van der Waals surface area contributed by atoms with Gasteiger partial charge in [-0.2, -0.15) is 11.8 Å². The standard InChI is InChI=1S/C12H20N2S/c1-14(2)12-7-5-11(6-8-12)13-9-4-10-15-3/h5-8,13H,4,9-10H2,1-3H3. The number of anilines is 2. The van der Waals surface area contributed by atoms with Crippen LogP contribution in [0.25, 0.3) is 0 Å². The van der Waals surface area contributed by atoms with Crippen molar-refractivity contribution in [3.05, 3.63) is 24.3 Å². The molecule has 0 fully saturated rings. The summed E-state index contributed by atoms with van der Waals surface area (Å²) in [6.07, 6.45) is 3.36. The van der Waals surface area contributed by atoms with Gasteiger partial charge in [0.05, 0.1) is 0 Å². The molecule has 0 aliphatic carbocycles. The molecule has 0 saturated carbocycles. The van der Waals surface area contributed by atoms with Crippen LogP contribution >= 0.6 is 11.8 Å². The fourth-order valence-electron chi connectivity index (χ4n) is 1.33. The van der Waals surface area contributed by atoms with Gasteiger partial charge in [0.1, 0.15) is 0 Å². The first-order valence-corrected chi connectivity index (χ1v) is 6.63. The zero-order valence-corrected chi connectivity index (χ0v) is 10.6. The third-order valence-electron chi connectivity index (χ3n) is 2.24. The van der Waals surface area contributed by atoms with Crippen molar-refractivity contribution in [2.45, 2.75) is 6.42 Å². The first-order valence-electron chi connectivity index (χ1n) is 5.24. The van der Waals surface area contributed by atoms with Crippen molar-refractivity contribution >= 4 is 23.1 Å². The predicted octanol–water partition coefficient (Wildman–Crippen LogP) is 2.92. The number of hydrogen-bond acceptors (Lipinski definition) is 3. The number of benzene rings is 1. The normalized spacial score (nSPS) is 10.1. The second-order valence-corrected chi connectivity index (χ2v) is 4.70. The summed E-state index contributed by atoms with van der Waals surface area (Å²) >= 11 is 1.90. The van der Waals surface area contributed by atoms with Gasteiger partial charge >= 0.3 is 0 Å². The number of nitrogens with one attached hydrogen (secondary N) is 1. The van der Waals surface area contributed by atoms with Crippen LogP contribution in [0.2, 0.25) is 0 Å². The molecule has 0 spiro atoms. The van der Waals surface area contributed by atoms with Crippen molar-refractivity contribution in [1.29, 1.82) is 0 Å². The van der Waals surface area contributed by atoms with E-state index in [4.69, 9.17) is 0 Å². The fraction of sp³-hybridized carbons (Fsp3) is 0.500. The van der Waals surface area contributed by atoms with Gasteiger partial charge in [0.2, 0.25) is 0 Å². The lowest BCUT2D eigenvalue weighted by molar-refractivity contribution is 0.993. The summed E-state index contributed by atoms with van der Waals surface area (Å²) in [5.41, 5.74) is 2.45. The Morgan fingerprint density at radius 3 is 2.40 bits per heavy atom. The molecule has 3 heteroatoms. The van der Waals surface area contributed by atoms with Gasteiger partial charge in [-0.25, -0.2) is 0 Å². The van der Waals surface area contributed by atoms with Gasteiger partial charge in [0.25, 0.3) is 0 Å². The number of nitrogens with zero attached hydrogens (tertiary/aromatic N) is 1. The average molecular weight is 224 g/mol. The number of thioether (sulfide) groups is 1. The Kier molecular flexibility index (Phi) is 5.40. The molecule has 2 nitrogen and oxygen atoms in total. The Hall–Kier alpha value is -0.830. The summed E-state index contributed by atoms with van der Waals surface area (Å²) in [5, 5.41) is 3.41. The zero-order valence-electron chi connectivity index (χ0n) is 9.79. The first kappa shape index (κ1) is 12.2. The van der Waals surface area contributed by atoms with E-state index >= 15 is 0 Å². The van der Waals surface area contributed by atoms with E-state index in [1.807, 2.05) is 11.8 Å². The molecule has 0 saturated heterocycles. The van der Waals surface area contributed by atoms with Crippen LogP contribution < -0.4 is 10.2 Å². The van der Waals surface area contributed by atoms with Crippen molar-refractivity contribution in [3.63, 3.8) is 0 Å². The topological polar surface area (TPSA) is 15.3 Å². The molecule has 15 heavy (non-hydrogen) atoms. The van der Waals surface area contributed by atoms with Gasteiger partial charge in [-0.15, -0.1) is 0 Å². The second kappa shape index (κ2) is 6.62. The van der Waals surface area contributed by atoms with E-state index in [-0.39, 0.29) is 0 Å². The van der Waals surface area contributed by atoms with Gasteiger partial charge in [0, 0.05) is 32.0 Å². The van der Waals surface area contributed by atoms with Gasteiger partial charge in [-0.05, 0) is 42.7 Å². The lowest BCUT2D eigenvalue weighted by Gasteiger charge is -2.13. The van der Waals surface area contributed by atoms with Crippen LogP contribution in [0.4, 0.5) is 11.4 Å². The molecular formula is C12H20N2S. The maximum Gasteiger partial charge on any atom is 0.0362 e. The van der Waals surface area contributed by atoms with Crippen molar-refractivity contribution < 1.29 is 0 Å². The molecule has 0 radical (unpaired) electrons. The lowest BCUT2D eigenvalue weighted by Crippen LogP contribution is -2.08. The van der Waals surface area contributed by atoms with E-state index < -0.39 is 0 Å². The monoisotopic (exact) mass is 224 g/mol. The first-order chi connectivity index (χ1) is 7.24. The van der Waals surface area contributed by atoms with E-state index in [1.54, 1.807) is 0 Å². The molecule has 0 atom stereocenters. The average Bonchev–Trinajstić information content (AvgIpc) is 2.25. The maximum atomic E-state index is 3.41. The highest BCUT2D eigenvalue weighted by Gasteiger charge is 1.95. The summed E-state index contributed by atoms with van der Waals surface area (Å²) in [6, 6.07) is 8.54. The number of rotatable bonds is 6. The summed E-state index contributed by atoms with van der Waals surface area (Å²) in [7, 11) is 4.11. The molecule has 1 N–H and O–H groups in total. The Labute approximate surface area is 97.1 Å². The minimum absolute atomic E-state index is 1.06. The Morgan fingerprint density at radius 2 is 1.87 bits per heavy atom. The van der Waals surface area contributed by atoms with E-state index in [2.05, 4.69) is 54.8 Å². The molecule has 0 amide bonds. The smallest absolute Gasteiger partial charge is 0.0362 e. The summed E-state index contributed by atoms with van der Waals surface area (Å²) < 4.78 is 0. The maximum absolute atomic E-state index is 3.41. The van der Waals surface area contributed by atoms with Crippen LogP contribution in [0, 0.1) is 0 Å². The molecule has 1 aromatic rings.